The SMILES string of the molecule is Cc1cn2c3c(=O)n(CC(=O)C(C)(C)C)c(=O)n(C)c3nc2n1[C@@H](C)c1ccccc1. The Bertz CT molecular complexity index is 1430. The van der Waals surface area contributed by atoms with Crippen molar-refractivity contribution in [2.24, 2.45) is 12.5 Å². The molecule has 31 heavy (non-hydrogen) atoms. The van der Waals surface area contributed by atoms with E-state index in [0.29, 0.717) is 16.9 Å². The Kier molecular flexibility index (Phi) is 4.76. The van der Waals surface area contributed by atoms with Gasteiger partial charge in [-0.15, -0.1) is 0 Å². The first-order chi connectivity index (χ1) is 14.5. The molecule has 0 N–H and O–H groups in total. The third-order valence-electron chi connectivity index (χ3n) is 5.88. The average Bonchev–Trinajstić information content (AvgIpc) is 3.23. The summed E-state index contributed by atoms with van der Waals surface area (Å²) in [7, 11) is 1.58. The number of aryl methyl sites for hydroxylation is 2. The number of imidazole rings is 2. The minimum Gasteiger partial charge on any atom is -0.307 e. The van der Waals surface area contributed by atoms with E-state index < -0.39 is 16.7 Å². The second-order valence-corrected chi connectivity index (χ2v) is 9.09. The molecule has 1 aromatic carbocycles. The Morgan fingerprint density at radius 1 is 1.13 bits per heavy atom. The molecule has 8 heteroatoms. The van der Waals surface area contributed by atoms with E-state index in [1.165, 1.54) is 4.57 Å². The highest BCUT2D eigenvalue weighted by Crippen LogP contribution is 2.25. The molecule has 0 spiro atoms. The lowest BCUT2D eigenvalue weighted by Crippen LogP contribution is -2.42. The van der Waals surface area contributed by atoms with Crippen LogP contribution in [-0.2, 0) is 18.4 Å². The molecule has 0 aliphatic rings. The second-order valence-electron chi connectivity index (χ2n) is 9.09. The number of hydrogen-bond acceptors (Lipinski definition) is 4. The van der Waals surface area contributed by atoms with Crippen LogP contribution < -0.4 is 11.2 Å². The van der Waals surface area contributed by atoms with E-state index in [1.54, 1.807) is 32.2 Å². The molecule has 0 unspecified atom stereocenters. The molecule has 4 rings (SSSR count). The number of aromatic nitrogens is 5. The average molecular weight is 422 g/mol. The van der Waals surface area contributed by atoms with Gasteiger partial charge in [-0.1, -0.05) is 51.1 Å². The molecule has 0 saturated carbocycles. The van der Waals surface area contributed by atoms with E-state index in [2.05, 4.69) is 11.9 Å². The molecule has 162 valence electrons. The van der Waals surface area contributed by atoms with Crippen LogP contribution >= 0.6 is 0 Å². The topological polar surface area (TPSA) is 83.3 Å². The molecule has 8 nitrogen and oxygen atoms in total. The third-order valence-corrected chi connectivity index (χ3v) is 5.88. The number of ketones is 1. The van der Waals surface area contributed by atoms with E-state index in [4.69, 9.17) is 0 Å². The van der Waals surface area contributed by atoms with Gasteiger partial charge < -0.3 is 4.57 Å². The predicted octanol–water partition coefficient (Wildman–Crippen LogP) is 2.68. The fourth-order valence-electron chi connectivity index (χ4n) is 3.91. The summed E-state index contributed by atoms with van der Waals surface area (Å²) in [6.45, 7) is 9.08. The monoisotopic (exact) mass is 421 g/mol. The lowest BCUT2D eigenvalue weighted by Gasteiger charge is -2.17. The Hall–Kier alpha value is -3.42. The van der Waals surface area contributed by atoms with Crippen molar-refractivity contribution in [2.75, 3.05) is 0 Å². The summed E-state index contributed by atoms with van der Waals surface area (Å²) >= 11 is 0. The van der Waals surface area contributed by atoms with Crippen LogP contribution in [0.15, 0.2) is 46.1 Å². The molecule has 0 radical (unpaired) electrons. The van der Waals surface area contributed by atoms with Crippen LogP contribution in [0.4, 0.5) is 0 Å². The zero-order valence-corrected chi connectivity index (χ0v) is 18.7. The first kappa shape index (κ1) is 20.8. The number of nitrogens with zero attached hydrogens (tertiary/aromatic N) is 5. The minimum absolute atomic E-state index is 0.0164. The van der Waals surface area contributed by atoms with Gasteiger partial charge in [0.1, 0.15) is 0 Å². The Balaban J connectivity index is 1.98. The van der Waals surface area contributed by atoms with E-state index >= 15 is 0 Å². The van der Waals surface area contributed by atoms with Crippen molar-refractivity contribution in [3.8, 4) is 0 Å². The first-order valence-electron chi connectivity index (χ1n) is 10.3. The standard InChI is InChI=1S/C23H27N5O3/c1-14-12-26-18-19(24-21(26)28(14)15(2)16-10-8-7-9-11-16)25(6)22(31)27(20(18)30)13-17(29)23(3,4)5/h7-12,15H,13H2,1-6H3/t15-/m0/s1. The van der Waals surface area contributed by atoms with Gasteiger partial charge in [-0.05, 0) is 19.4 Å². The minimum atomic E-state index is -0.656. The highest BCUT2D eigenvalue weighted by atomic mass is 16.2. The Morgan fingerprint density at radius 2 is 1.77 bits per heavy atom. The van der Waals surface area contributed by atoms with Gasteiger partial charge in [0.25, 0.3) is 5.56 Å². The van der Waals surface area contributed by atoms with Crippen molar-refractivity contribution in [2.45, 2.75) is 47.2 Å². The van der Waals surface area contributed by atoms with Crippen LogP contribution in [0.1, 0.15) is 45.0 Å². The molecule has 3 aromatic heterocycles. The summed E-state index contributed by atoms with van der Waals surface area (Å²) in [5.74, 6) is 0.397. The zero-order chi connectivity index (χ0) is 22.7. The maximum atomic E-state index is 13.3. The molecule has 1 atom stereocenters. The van der Waals surface area contributed by atoms with Gasteiger partial charge in [-0.2, -0.15) is 4.98 Å². The van der Waals surface area contributed by atoms with Crippen molar-refractivity contribution in [1.29, 1.82) is 0 Å². The highest BCUT2D eigenvalue weighted by molar-refractivity contribution is 5.84. The number of Topliss-reactive ketones (excluding diaryl/α,β-unsaturated/α-hetero) is 1. The quantitative estimate of drug-likeness (QED) is 0.507. The zero-order valence-electron chi connectivity index (χ0n) is 18.7. The summed E-state index contributed by atoms with van der Waals surface area (Å²) in [6, 6.07) is 10.0. The highest BCUT2D eigenvalue weighted by Gasteiger charge is 2.26. The summed E-state index contributed by atoms with van der Waals surface area (Å²) in [5.41, 5.74) is 0.934. The van der Waals surface area contributed by atoms with E-state index in [0.717, 1.165) is 15.8 Å². The molecule has 0 bridgehead atoms. The van der Waals surface area contributed by atoms with E-state index in [-0.39, 0.29) is 18.4 Å². The van der Waals surface area contributed by atoms with Crippen LogP contribution in [0.2, 0.25) is 0 Å². The summed E-state index contributed by atoms with van der Waals surface area (Å²) < 4.78 is 6.12. The third kappa shape index (κ3) is 3.22. The normalized spacial score (nSPS) is 13.2. The summed E-state index contributed by atoms with van der Waals surface area (Å²) in [5, 5.41) is 0. The fraction of sp³-hybridized carbons (Fsp3) is 0.391. The van der Waals surface area contributed by atoms with Gasteiger partial charge in [0.2, 0.25) is 5.78 Å². The molecule has 0 aliphatic heterocycles. The number of carbonyl (C=O) groups is 1. The van der Waals surface area contributed by atoms with Crippen LogP contribution in [0.5, 0.6) is 0 Å². The number of rotatable bonds is 4. The number of fused-ring (bicyclic) bond motifs is 3. The van der Waals surface area contributed by atoms with E-state index in [9.17, 15) is 14.4 Å². The van der Waals surface area contributed by atoms with Gasteiger partial charge in [0, 0.05) is 24.4 Å². The number of hydrogen-bond donors (Lipinski definition) is 0. The summed E-state index contributed by atoms with van der Waals surface area (Å²) in [6.07, 6.45) is 1.85. The molecular formula is C23H27N5O3. The Morgan fingerprint density at radius 3 is 2.39 bits per heavy atom. The van der Waals surface area contributed by atoms with Crippen molar-refractivity contribution < 1.29 is 4.79 Å². The molecule has 0 amide bonds. The lowest BCUT2D eigenvalue weighted by molar-refractivity contribution is -0.127. The van der Waals surface area contributed by atoms with Crippen molar-refractivity contribution in [3.63, 3.8) is 0 Å². The fourth-order valence-corrected chi connectivity index (χ4v) is 3.91. The smallest absolute Gasteiger partial charge is 0.307 e. The van der Waals surface area contributed by atoms with Crippen LogP contribution in [-0.4, -0.2) is 28.9 Å². The lowest BCUT2D eigenvalue weighted by atomic mass is 9.91. The molecule has 3 heterocycles. The van der Waals surface area contributed by atoms with Gasteiger partial charge in [0.05, 0.1) is 12.6 Å². The van der Waals surface area contributed by atoms with Crippen LogP contribution in [0.3, 0.4) is 0 Å². The molecule has 0 aliphatic carbocycles. The van der Waals surface area contributed by atoms with Gasteiger partial charge in [-0.25, -0.2) is 4.79 Å². The van der Waals surface area contributed by atoms with E-state index in [1.807, 2.05) is 48.0 Å². The maximum Gasteiger partial charge on any atom is 0.332 e. The van der Waals surface area contributed by atoms with Crippen molar-refractivity contribution in [3.05, 3.63) is 68.6 Å². The largest absolute Gasteiger partial charge is 0.332 e. The molecule has 0 saturated heterocycles. The maximum absolute atomic E-state index is 13.3. The van der Waals surface area contributed by atoms with Gasteiger partial charge >= 0.3 is 5.69 Å². The Labute approximate surface area is 179 Å². The molecular weight excluding hydrogens is 394 g/mol. The molecule has 0 fully saturated rings. The summed E-state index contributed by atoms with van der Waals surface area (Å²) in [4.78, 5) is 43.4. The first-order valence-corrected chi connectivity index (χ1v) is 10.3. The van der Waals surface area contributed by atoms with Crippen molar-refractivity contribution >= 4 is 22.7 Å². The molecule has 4 aromatic rings. The number of benzene rings is 1. The predicted molar refractivity (Wildman–Crippen MR) is 120 cm³/mol. The second kappa shape index (κ2) is 7.08. The van der Waals surface area contributed by atoms with Crippen LogP contribution in [0.25, 0.3) is 16.9 Å². The van der Waals surface area contributed by atoms with Gasteiger partial charge in [-0.3, -0.25) is 23.1 Å². The van der Waals surface area contributed by atoms with Crippen molar-refractivity contribution in [1.82, 2.24) is 23.1 Å². The van der Waals surface area contributed by atoms with Gasteiger partial charge in [0.15, 0.2) is 16.9 Å². The van der Waals surface area contributed by atoms with Crippen LogP contribution in [0, 0.1) is 12.3 Å². The number of carbonyl (C=O) groups excluding carboxylic acids is 1.